The van der Waals surface area contributed by atoms with Gasteiger partial charge in [0.05, 0.1) is 0 Å². The number of oxime groups is 1. The predicted octanol–water partition coefficient (Wildman–Crippen LogP) is 2.93. The Morgan fingerprint density at radius 3 is 2.45 bits per heavy atom. The lowest BCUT2D eigenvalue weighted by atomic mass is 10.0. The number of imidazole rings is 1. The lowest BCUT2D eigenvalue weighted by molar-refractivity contribution is -0.154. The number of esters is 1. The van der Waals surface area contributed by atoms with Gasteiger partial charge >= 0.3 is 12.1 Å². The summed E-state index contributed by atoms with van der Waals surface area (Å²) in [5.74, 6) is -1.99. The van der Waals surface area contributed by atoms with Gasteiger partial charge in [-0.1, -0.05) is 65.8 Å². The van der Waals surface area contributed by atoms with Crippen LogP contribution in [0.5, 0.6) is 0 Å². The smallest absolute Gasteiger partial charge is 0.419 e. The van der Waals surface area contributed by atoms with Crippen LogP contribution in [0.2, 0.25) is 0 Å². The van der Waals surface area contributed by atoms with Crippen molar-refractivity contribution in [3.05, 3.63) is 113 Å². The van der Waals surface area contributed by atoms with E-state index in [0.717, 1.165) is 15.9 Å². The molecule has 0 aliphatic carbocycles. The molecule has 15 nitrogen and oxygen atoms in total. The molecular formula is C32H27N7O8S2. The number of nitrogens with one attached hydrogen (secondary N) is 2. The quantitative estimate of drug-likeness (QED) is 0.0728. The van der Waals surface area contributed by atoms with E-state index in [2.05, 4.69) is 25.8 Å². The number of thioether (sulfide) groups is 1. The molecule has 4 heterocycles. The summed E-state index contributed by atoms with van der Waals surface area (Å²) in [6.45, 7) is -0.311. The van der Waals surface area contributed by atoms with Crippen molar-refractivity contribution in [2.24, 2.45) is 5.16 Å². The molecular weight excluding hydrogens is 675 g/mol. The standard InChI is InChI=1S/C32H27N7O8S2/c1-45-37-23(22-16-49-31(35-22)34-18-40)27(41)36-24-28(42)39-25(21(15-48-29(24)39)14-46-32(44)38-13-12-33-17-38)30(43)47-26(19-8-4-2-5-9-19)20-10-6-3-7-11-20/h2-13,16-18,24,26,29H,14-15H2,1H3,(H,36,41)(H,34,35,40)/t24?,29-/m0/s1. The topological polar surface area (TPSA) is 183 Å². The second kappa shape index (κ2) is 15.0. The molecule has 0 spiro atoms. The number of ether oxygens (including phenoxy) is 2. The van der Waals surface area contributed by atoms with Gasteiger partial charge in [-0.3, -0.25) is 19.3 Å². The highest BCUT2D eigenvalue weighted by Gasteiger charge is 2.55. The lowest BCUT2D eigenvalue weighted by Crippen LogP contribution is -2.71. The van der Waals surface area contributed by atoms with E-state index in [-0.39, 0.29) is 34.6 Å². The van der Waals surface area contributed by atoms with Gasteiger partial charge in [0.25, 0.3) is 11.8 Å². The zero-order chi connectivity index (χ0) is 34.3. The van der Waals surface area contributed by atoms with Crippen LogP contribution in [-0.4, -0.2) is 86.3 Å². The number of hydrogen-bond acceptors (Lipinski definition) is 13. The molecule has 4 aromatic rings. The van der Waals surface area contributed by atoms with Crippen molar-refractivity contribution in [3.63, 3.8) is 0 Å². The number of carbonyl (C=O) groups is 5. The zero-order valence-electron chi connectivity index (χ0n) is 25.6. The minimum atomic E-state index is -1.05. The number of amides is 3. The normalized spacial score (nSPS) is 17.1. The van der Waals surface area contributed by atoms with E-state index in [1.807, 2.05) is 60.7 Å². The van der Waals surface area contributed by atoms with Crippen LogP contribution < -0.4 is 10.6 Å². The molecule has 2 atom stereocenters. The van der Waals surface area contributed by atoms with Crippen LogP contribution in [0.15, 0.2) is 101 Å². The molecule has 1 unspecified atom stereocenters. The Labute approximate surface area is 286 Å². The summed E-state index contributed by atoms with van der Waals surface area (Å²) in [5, 5.41) is 9.87. The third-order valence-electron chi connectivity index (χ3n) is 7.37. The highest BCUT2D eigenvalue weighted by molar-refractivity contribution is 8.00. The molecule has 49 heavy (non-hydrogen) atoms. The van der Waals surface area contributed by atoms with Crippen LogP contribution in [0.3, 0.4) is 0 Å². The van der Waals surface area contributed by atoms with Crippen molar-refractivity contribution in [3.8, 4) is 0 Å². The summed E-state index contributed by atoms with van der Waals surface area (Å²) in [5.41, 5.74) is 1.57. The van der Waals surface area contributed by atoms with Gasteiger partial charge in [-0.25, -0.2) is 24.1 Å². The molecule has 2 N–H and O–H groups in total. The van der Waals surface area contributed by atoms with Crippen LogP contribution in [0.25, 0.3) is 0 Å². The van der Waals surface area contributed by atoms with Crippen LogP contribution >= 0.6 is 23.1 Å². The molecule has 1 fully saturated rings. The molecule has 6 rings (SSSR count). The number of fused-ring (bicyclic) bond motifs is 1. The third kappa shape index (κ3) is 7.07. The second-order valence-electron chi connectivity index (χ2n) is 10.4. The van der Waals surface area contributed by atoms with E-state index in [0.29, 0.717) is 23.1 Å². The first-order valence-corrected chi connectivity index (χ1v) is 16.5. The van der Waals surface area contributed by atoms with Crippen molar-refractivity contribution in [1.82, 2.24) is 24.8 Å². The van der Waals surface area contributed by atoms with Crippen LogP contribution in [-0.2, 0) is 33.5 Å². The van der Waals surface area contributed by atoms with Crippen LogP contribution in [0, 0.1) is 0 Å². The monoisotopic (exact) mass is 701 g/mol. The van der Waals surface area contributed by atoms with Gasteiger partial charge < -0.3 is 24.9 Å². The lowest BCUT2D eigenvalue weighted by Gasteiger charge is -2.49. The molecule has 250 valence electrons. The van der Waals surface area contributed by atoms with Gasteiger partial charge in [0, 0.05) is 29.1 Å². The minimum absolute atomic E-state index is 0.0793. The fourth-order valence-electron chi connectivity index (χ4n) is 5.12. The number of carbonyl (C=O) groups excluding carboxylic acids is 5. The maximum absolute atomic E-state index is 14.1. The van der Waals surface area contributed by atoms with Crippen molar-refractivity contribution in [1.29, 1.82) is 0 Å². The number of aromatic nitrogens is 3. The number of hydrogen-bond donors (Lipinski definition) is 2. The Morgan fingerprint density at radius 1 is 1.10 bits per heavy atom. The zero-order valence-corrected chi connectivity index (χ0v) is 27.3. The Kier molecular flexibility index (Phi) is 10.1. The Bertz CT molecular complexity index is 1880. The van der Waals surface area contributed by atoms with Crippen molar-refractivity contribution >= 4 is 64.2 Å². The summed E-state index contributed by atoms with van der Waals surface area (Å²) < 4.78 is 12.7. The van der Waals surface area contributed by atoms with Crippen LogP contribution in [0.1, 0.15) is 22.9 Å². The van der Waals surface area contributed by atoms with E-state index in [9.17, 15) is 24.0 Å². The summed E-state index contributed by atoms with van der Waals surface area (Å²) in [4.78, 5) is 78.8. The fourth-order valence-corrected chi connectivity index (χ4v) is 7.11. The maximum atomic E-state index is 14.1. The van der Waals surface area contributed by atoms with E-state index in [1.165, 1.54) is 47.9 Å². The number of anilines is 1. The highest BCUT2D eigenvalue weighted by Crippen LogP contribution is 2.42. The van der Waals surface area contributed by atoms with Gasteiger partial charge in [-0.2, -0.15) is 0 Å². The van der Waals surface area contributed by atoms with Crippen molar-refractivity contribution < 1.29 is 38.3 Å². The molecule has 1 saturated heterocycles. The molecule has 0 bridgehead atoms. The SMILES string of the molecule is CON=C(C(=O)NC1C(=O)N2C(C(=O)OC(c3ccccc3)c3ccccc3)=C(COC(=O)n3ccnc3)CS[C@@H]12)c1csc(NC=O)n1. The molecule has 2 aromatic carbocycles. The van der Waals surface area contributed by atoms with Crippen LogP contribution in [0.4, 0.5) is 9.93 Å². The first-order valence-electron chi connectivity index (χ1n) is 14.6. The van der Waals surface area contributed by atoms with E-state index >= 15 is 0 Å². The van der Waals surface area contributed by atoms with E-state index in [4.69, 9.17) is 14.3 Å². The van der Waals surface area contributed by atoms with Crippen molar-refractivity contribution in [2.75, 3.05) is 24.8 Å². The van der Waals surface area contributed by atoms with Crippen molar-refractivity contribution in [2.45, 2.75) is 17.5 Å². The summed E-state index contributed by atoms with van der Waals surface area (Å²) >= 11 is 2.34. The van der Waals surface area contributed by atoms with E-state index < -0.39 is 41.4 Å². The molecule has 2 aliphatic heterocycles. The first-order chi connectivity index (χ1) is 23.9. The number of thiazole rings is 1. The van der Waals surface area contributed by atoms with Gasteiger partial charge in [-0.05, 0) is 11.1 Å². The van der Waals surface area contributed by atoms with Gasteiger partial charge in [0.2, 0.25) is 6.41 Å². The summed E-state index contributed by atoms with van der Waals surface area (Å²) in [6, 6.07) is 17.2. The second-order valence-corrected chi connectivity index (χ2v) is 12.3. The average Bonchev–Trinajstić information content (AvgIpc) is 3.84. The predicted molar refractivity (Wildman–Crippen MR) is 177 cm³/mol. The summed E-state index contributed by atoms with van der Waals surface area (Å²) in [6.07, 6.45) is 3.02. The Balaban J connectivity index is 1.27. The highest BCUT2D eigenvalue weighted by atomic mass is 32.2. The Morgan fingerprint density at radius 2 is 1.82 bits per heavy atom. The molecule has 17 heteroatoms. The maximum Gasteiger partial charge on any atom is 0.419 e. The molecule has 2 aromatic heterocycles. The van der Waals surface area contributed by atoms with Gasteiger partial charge in [0.1, 0.15) is 42.9 Å². The molecule has 0 radical (unpaired) electrons. The largest absolute Gasteiger partial charge is 0.448 e. The molecule has 3 amide bonds. The fraction of sp³-hybridized carbons (Fsp3) is 0.188. The van der Waals surface area contributed by atoms with E-state index in [1.54, 1.807) is 0 Å². The molecule has 0 saturated carbocycles. The number of β-lactam (4-membered cyclic amide) rings is 1. The third-order valence-corrected chi connectivity index (χ3v) is 9.48. The van der Waals surface area contributed by atoms with Gasteiger partial charge in [0.15, 0.2) is 16.9 Å². The minimum Gasteiger partial charge on any atom is -0.448 e. The number of rotatable bonds is 12. The van der Waals surface area contributed by atoms with Gasteiger partial charge in [-0.15, -0.1) is 23.1 Å². The number of nitrogens with zero attached hydrogens (tertiary/aromatic N) is 5. The average molecular weight is 702 g/mol. The molecule has 2 aliphatic rings. The number of benzene rings is 2. The summed E-state index contributed by atoms with van der Waals surface area (Å²) in [7, 11) is 1.25. The first kappa shape index (κ1) is 33.1. The Hall–Kier alpha value is -5.81.